The number of aliphatic hydroxyl groups is 4. The first-order valence-electron chi connectivity index (χ1n) is 6.07. The van der Waals surface area contributed by atoms with Crippen LogP contribution in [0.15, 0.2) is 18.2 Å². The van der Waals surface area contributed by atoms with Gasteiger partial charge in [0.2, 0.25) is 0 Å². The predicted octanol–water partition coefficient (Wildman–Crippen LogP) is -1.53. The number of hydrogen-bond donors (Lipinski definition) is 7. The second kappa shape index (κ2) is 9.48. The van der Waals surface area contributed by atoms with Crippen LogP contribution >= 0.6 is 0 Å². The van der Waals surface area contributed by atoms with Crippen molar-refractivity contribution in [3.05, 3.63) is 34.9 Å². The highest BCUT2D eigenvalue weighted by Crippen LogP contribution is 2.12. The molecule has 0 aliphatic heterocycles. The molecule has 0 aromatic heterocycles. The average molecular weight is 332 g/mol. The molecule has 7 N–H and O–H groups in total. The lowest BCUT2D eigenvalue weighted by Crippen LogP contribution is -2.31. The van der Waals surface area contributed by atoms with Crippen molar-refractivity contribution in [2.45, 2.75) is 12.2 Å². The largest absolute Gasteiger partial charge is 0.478 e. The van der Waals surface area contributed by atoms with Crippen LogP contribution in [0.2, 0.25) is 0 Å². The monoisotopic (exact) mass is 332 g/mol. The Morgan fingerprint density at radius 1 is 0.783 bits per heavy atom. The summed E-state index contributed by atoms with van der Waals surface area (Å²) in [5, 5.41) is 59.0. The highest BCUT2D eigenvalue weighted by Gasteiger charge is 2.18. The van der Waals surface area contributed by atoms with E-state index < -0.39 is 54.5 Å². The van der Waals surface area contributed by atoms with Crippen molar-refractivity contribution in [2.24, 2.45) is 0 Å². The Hall–Kier alpha value is -2.53. The van der Waals surface area contributed by atoms with E-state index >= 15 is 0 Å². The molecule has 0 saturated heterocycles. The minimum atomic E-state index is -1.48. The van der Waals surface area contributed by atoms with Crippen LogP contribution in [0.4, 0.5) is 0 Å². The second-order valence-electron chi connectivity index (χ2n) is 4.18. The van der Waals surface area contributed by atoms with Crippen LogP contribution in [0, 0.1) is 0 Å². The van der Waals surface area contributed by atoms with E-state index in [1.807, 2.05) is 0 Å². The van der Waals surface area contributed by atoms with Crippen LogP contribution in [0.5, 0.6) is 0 Å². The number of carboxylic acids is 3. The summed E-state index contributed by atoms with van der Waals surface area (Å²) < 4.78 is 0. The van der Waals surface area contributed by atoms with Gasteiger partial charge in [-0.3, -0.25) is 0 Å². The molecule has 0 fully saturated rings. The summed E-state index contributed by atoms with van der Waals surface area (Å²) >= 11 is 0. The Kier molecular flexibility index (Phi) is 8.44. The zero-order valence-electron chi connectivity index (χ0n) is 11.7. The molecule has 0 saturated carbocycles. The van der Waals surface area contributed by atoms with E-state index in [-0.39, 0.29) is 5.56 Å². The molecular formula is C13H16O10. The molecule has 10 nitrogen and oxygen atoms in total. The molecule has 2 unspecified atom stereocenters. The van der Waals surface area contributed by atoms with Gasteiger partial charge >= 0.3 is 17.9 Å². The van der Waals surface area contributed by atoms with Crippen LogP contribution in [0.3, 0.4) is 0 Å². The molecule has 0 spiro atoms. The summed E-state index contributed by atoms with van der Waals surface area (Å²) in [6.07, 6.45) is -2.44. The van der Waals surface area contributed by atoms with Gasteiger partial charge < -0.3 is 35.7 Å². The molecule has 23 heavy (non-hydrogen) atoms. The highest BCUT2D eigenvalue weighted by atomic mass is 16.4. The topological polar surface area (TPSA) is 193 Å². The Morgan fingerprint density at radius 2 is 1.22 bits per heavy atom. The quantitative estimate of drug-likeness (QED) is 0.321. The number of carbonyl (C=O) groups is 3. The SMILES string of the molecule is O=C(O)c1ccc(C(=O)O)c(C(=O)O)c1.OCC(O)C(O)CO. The number of benzene rings is 1. The van der Waals surface area contributed by atoms with Gasteiger partial charge in [-0.05, 0) is 18.2 Å². The Morgan fingerprint density at radius 3 is 1.52 bits per heavy atom. The summed E-state index contributed by atoms with van der Waals surface area (Å²) in [5.74, 6) is -4.20. The normalized spacial score (nSPS) is 12.5. The third-order valence-electron chi connectivity index (χ3n) is 2.55. The number of aliphatic hydroxyl groups excluding tert-OH is 4. The van der Waals surface area contributed by atoms with Crippen molar-refractivity contribution in [1.29, 1.82) is 0 Å². The molecule has 0 aliphatic carbocycles. The van der Waals surface area contributed by atoms with E-state index in [2.05, 4.69) is 0 Å². The zero-order chi connectivity index (χ0) is 18.2. The Bertz CT molecular complexity index is 560. The average Bonchev–Trinajstić information content (AvgIpc) is 2.52. The van der Waals surface area contributed by atoms with Crippen LogP contribution in [-0.4, -0.2) is 79.1 Å². The van der Waals surface area contributed by atoms with Crippen molar-refractivity contribution >= 4 is 17.9 Å². The van der Waals surface area contributed by atoms with Crippen LogP contribution in [-0.2, 0) is 0 Å². The lowest BCUT2D eigenvalue weighted by Gasteiger charge is -2.10. The first kappa shape index (κ1) is 20.5. The Labute approximate surface area is 129 Å². The molecule has 1 aromatic rings. The van der Waals surface area contributed by atoms with Crippen molar-refractivity contribution in [1.82, 2.24) is 0 Å². The van der Waals surface area contributed by atoms with E-state index in [0.29, 0.717) is 0 Å². The van der Waals surface area contributed by atoms with Crippen LogP contribution in [0.1, 0.15) is 31.1 Å². The molecule has 0 amide bonds. The first-order valence-corrected chi connectivity index (χ1v) is 6.07. The molecule has 10 heteroatoms. The van der Waals surface area contributed by atoms with Gasteiger partial charge in [0, 0.05) is 0 Å². The van der Waals surface area contributed by atoms with E-state index in [1.54, 1.807) is 0 Å². The molecular weight excluding hydrogens is 316 g/mol. The summed E-state index contributed by atoms with van der Waals surface area (Å²) in [6, 6.07) is 2.81. The molecule has 0 bridgehead atoms. The fourth-order valence-electron chi connectivity index (χ4n) is 1.28. The molecule has 0 radical (unpaired) electrons. The van der Waals surface area contributed by atoms with E-state index in [0.717, 1.165) is 18.2 Å². The third-order valence-corrected chi connectivity index (χ3v) is 2.55. The fourth-order valence-corrected chi connectivity index (χ4v) is 1.28. The van der Waals surface area contributed by atoms with Crippen molar-refractivity contribution in [3.8, 4) is 0 Å². The number of rotatable bonds is 6. The fraction of sp³-hybridized carbons (Fsp3) is 0.308. The van der Waals surface area contributed by atoms with E-state index in [4.69, 9.17) is 35.7 Å². The van der Waals surface area contributed by atoms with Gasteiger partial charge in [0.1, 0.15) is 12.2 Å². The minimum Gasteiger partial charge on any atom is -0.478 e. The minimum absolute atomic E-state index is 0.266. The maximum Gasteiger partial charge on any atom is 0.336 e. The summed E-state index contributed by atoms with van der Waals surface area (Å²) in [5.41, 5.74) is -1.24. The van der Waals surface area contributed by atoms with Gasteiger partial charge in [-0.2, -0.15) is 0 Å². The third kappa shape index (κ3) is 6.40. The van der Waals surface area contributed by atoms with Crippen molar-refractivity contribution < 1.29 is 50.1 Å². The molecule has 0 aliphatic rings. The maximum atomic E-state index is 10.6. The number of carboxylic acid groups (broad SMARTS) is 3. The lowest BCUT2D eigenvalue weighted by atomic mass is 10.0. The van der Waals surface area contributed by atoms with Gasteiger partial charge in [-0.25, -0.2) is 14.4 Å². The molecule has 0 heterocycles. The van der Waals surface area contributed by atoms with Crippen molar-refractivity contribution in [3.63, 3.8) is 0 Å². The summed E-state index contributed by atoms with van der Waals surface area (Å²) in [6.45, 7) is -1.05. The van der Waals surface area contributed by atoms with Gasteiger partial charge in [-0.15, -0.1) is 0 Å². The lowest BCUT2D eigenvalue weighted by molar-refractivity contribution is -0.0388. The highest BCUT2D eigenvalue weighted by molar-refractivity contribution is 6.03. The van der Waals surface area contributed by atoms with E-state index in [9.17, 15) is 14.4 Å². The van der Waals surface area contributed by atoms with Crippen LogP contribution in [0.25, 0.3) is 0 Å². The number of aromatic carboxylic acids is 3. The van der Waals surface area contributed by atoms with Gasteiger partial charge in [0.15, 0.2) is 0 Å². The first-order chi connectivity index (χ1) is 10.6. The molecule has 128 valence electrons. The van der Waals surface area contributed by atoms with Crippen LogP contribution < -0.4 is 0 Å². The summed E-state index contributed by atoms with van der Waals surface area (Å²) in [4.78, 5) is 31.8. The second-order valence-corrected chi connectivity index (χ2v) is 4.18. The smallest absolute Gasteiger partial charge is 0.336 e. The van der Waals surface area contributed by atoms with Gasteiger partial charge in [0.05, 0.1) is 29.9 Å². The maximum absolute atomic E-state index is 10.6. The molecule has 1 rings (SSSR count). The van der Waals surface area contributed by atoms with Gasteiger partial charge in [0.25, 0.3) is 0 Å². The predicted molar refractivity (Wildman–Crippen MR) is 73.5 cm³/mol. The molecule has 1 aromatic carbocycles. The summed E-state index contributed by atoms with van der Waals surface area (Å²) in [7, 11) is 0. The molecule has 2 atom stereocenters. The Balaban J connectivity index is 0.000000515. The number of hydrogen-bond acceptors (Lipinski definition) is 7. The zero-order valence-corrected chi connectivity index (χ0v) is 11.7. The van der Waals surface area contributed by atoms with E-state index in [1.165, 1.54) is 0 Å². The van der Waals surface area contributed by atoms with Crippen molar-refractivity contribution in [2.75, 3.05) is 13.2 Å². The van der Waals surface area contributed by atoms with Gasteiger partial charge in [-0.1, -0.05) is 0 Å². The standard InChI is InChI=1S/C9H6O6.C4H10O4/c10-7(11)4-1-2-5(8(12)13)6(3-4)9(14)15;5-1-3(7)4(8)2-6/h1-3H,(H,10,11)(H,12,13)(H,14,15);3-8H,1-2H2.